The summed E-state index contributed by atoms with van der Waals surface area (Å²) in [6.07, 6.45) is 2.88. The Morgan fingerprint density at radius 1 is 1.21 bits per heavy atom. The van der Waals surface area contributed by atoms with E-state index in [0.29, 0.717) is 25.6 Å². The molecule has 0 radical (unpaired) electrons. The van der Waals surface area contributed by atoms with Crippen molar-refractivity contribution in [2.45, 2.75) is 77.3 Å². The smallest absolute Gasteiger partial charge is 0.240 e. The Morgan fingerprint density at radius 3 is 2.59 bits per heavy atom. The van der Waals surface area contributed by atoms with Crippen LogP contribution in [0.1, 0.15) is 52.0 Å². The van der Waals surface area contributed by atoms with Crippen LogP contribution in [0.2, 0.25) is 0 Å². The van der Waals surface area contributed by atoms with Gasteiger partial charge in [0, 0.05) is 18.5 Å². The molecule has 162 valence electrons. The van der Waals surface area contributed by atoms with Crippen molar-refractivity contribution in [3.63, 3.8) is 0 Å². The first kappa shape index (κ1) is 22.2. The standard InChI is InChI=1S/C23H37N3O3/c1-4-7-13-24-23(28)22-21-19(27)14-18(25(5-2)6-3)15-20(21)29-26(22)16-17-11-9-8-10-12-17/h8-12,18-22,27H,4-7,13-16H2,1-3H3,(H,24,28)/t18?,19?,20?,21?,22-/m0/s1. The molecule has 0 aromatic heterocycles. The van der Waals surface area contributed by atoms with Gasteiger partial charge in [0.15, 0.2) is 0 Å². The van der Waals surface area contributed by atoms with Crippen molar-refractivity contribution in [3.05, 3.63) is 35.9 Å². The predicted octanol–water partition coefficient (Wildman–Crippen LogP) is 2.57. The fourth-order valence-electron chi connectivity index (χ4n) is 4.90. The first-order valence-electron chi connectivity index (χ1n) is 11.3. The highest BCUT2D eigenvalue weighted by Crippen LogP contribution is 2.40. The van der Waals surface area contributed by atoms with Gasteiger partial charge in [-0.15, -0.1) is 0 Å². The quantitative estimate of drug-likeness (QED) is 0.621. The van der Waals surface area contributed by atoms with Crippen LogP contribution < -0.4 is 5.32 Å². The molecule has 2 aliphatic rings. The highest BCUT2D eigenvalue weighted by atomic mass is 16.7. The summed E-state index contributed by atoms with van der Waals surface area (Å²) in [5.41, 5.74) is 1.10. The van der Waals surface area contributed by atoms with Crippen LogP contribution in [0.25, 0.3) is 0 Å². The van der Waals surface area contributed by atoms with Crippen molar-refractivity contribution in [3.8, 4) is 0 Å². The monoisotopic (exact) mass is 403 g/mol. The van der Waals surface area contributed by atoms with Crippen molar-refractivity contribution in [1.82, 2.24) is 15.3 Å². The van der Waals surface area contributed by atoms with E-state index in [9.17, 15) is 9.90 Å². The largest absolute Gasteiger partial charge is 0.393 e. The van der Waals surface area contributed by atoms with Gasteiger partial charge in [-0.25, -0.2) is 0 Å². The number of nitrogens with zero attached hydrogens (tertiary/aromatic N) is 2. The van der Waals surface area contributed by atoms with E-state index in [-0.39, 0.29) is 17.9 Å². The maximum Gasteiger partial charge on any atom is 0.240 e. The lowest BCUT2D eigenvalue weighted by Gasteiger charge is -2.40. The number of carbonyl (C=O) groups excluding carboxylic acids is 1. The molecule has 1 aromatic carbocycles. The summed E-state index contributed by atoms with van der Waals surface area (Å²) < 4.78 is 0. The molecule has 2 N–H and O–H groups in total. The van der Waals surface area contributed by atoms with Gasteiger partial charge in [-0.2, -0.15) is 5.06 Å². The summed E-state index contributed by atoms with van der Waals surface area (Å²) in [6, 6.07) is 9.92. The second-order valence-electron chi connectivity index (χ2n) is 8.29. The number of nitrogens with one attached hydrogen (secondary N) is 1. The maximum atomic E-state index is 13.1. The van der Waals surface area contributed by atoms with Gasteiger partial charge in [0.25, 0.3) is 0 Å². The van der Waals surface area contributed by atoms with Gasteiger partial charge in [-0.3, -0.25) is 9.63 Å². The van der Waals surface area contributed by atoms with Crippen LogP contribution >= 0.6 is 0 Å². The first-order chi connectivity index (χ1) is 14.1. The minimum absolute atomic E-state index is 0.0257. The molecule has 1 heterocycles. The second-order valence-corrected chi connectivity index (χ2v) is 8.29. The van der Waals surface area contributed by atoms with Gasteiger partial charge in [-0.1, -0.05) is 57.5 Å². The number of carbonyl (C=O) groups is 1. The summed E-state index contributed by atoms with van der Waals surface area (Å²) in [7, 11) is 0. The zero-order chi connectivity index (χ0) is 20.8. The van der Waals surface area contributed by atoms with Crippen molar-refractivity contribution >= 4 is 5.91 Å². The minimum Gasteiger partial charge on any atom is -0.393 e. The van der Waals surface area contributed by atoms with Gasteiger partial charge in [-0.05, 0) is 37.9 Å². The zero-order valence-electron chi connectivity index (χ0n) is 18.1. The normalized spacial score (nSPS) is 29.8. The fraction of sp³-hybridized carbons (Fsp3) is 0.696. The Morgan fingerprint density at radius 2 is 1.93 bits per heavy atom. The van der Waals surface area contributed by atoms with E-state index in [1.165, 1.54) is 0 Å². The molecule has 4 unspecified atom stereocenters. The topological polar surface area (TPSA) is 65.0 Å². The van der Waals surface area contributed by atoms with E-state index >= 15 is 0 Å². The number of aliphatic hydroxyl groups excluding tert-OH is 1. The van der Waals surface area contributed by atoms with Crippen LogP contribution in [-0.4, -0.2) is 64.9 Å². The molecule has 1 aliphatic heterocycles. The second kappa shape index (κ2) is 10.5. The summed E-state index contributed by atoms with van der Waals surface area (Å²) in [5, 5.41) is 15.9. The number of rotatable bonds is 9. The van der Waals surface area contributed by atoms with Gasteiger partial charge >= 0.3 is 0 Å². The van der Waals surface area contributed by atoms with Gasteiger partial charge in [0.1, 0.15) is 6.04 Å². The van der Waals surface area contributed by atoms with Crippen LogP contribution in [-0.2, 0) is 16.2 Å². The molecule has 1 saturated carbocycles. The number of hydrogen-bond donors (Lipinski definition) is 2. The van der Waals surface area contributed by atoms with Crippen molar-refractivity contribution < 1.29 is 14.7 Å². The third kappa shape index (κ3) is 5.18. The number of aliphatic hydroxyl groups is 1. The number of hydroxylamine groups is 2. The molecular formula is C23H37N3O3. The minimum atomic E-state index is -0.540. The molecular weight excluding hydrogens is 366 g/mol. The van der Waals surface area contributed by atoms with E-state index in [2.05, 4.69) is 31.0 Å². The van der Waals surface area contributed by atoms with E-state index in [1.54, 1.807) is 0 Å². The molecule has 5 atom stereocenters. The van der Waals surface area contributed by atoms with Crippen LogP contribution in [0, 0.1) is 5.92 Å². The average Bonchev–Trinajstić information content (AvgIpc) is 3.08. The summed E-state index contributed by atoms with van der Waals surface area (Å²) in [5.74, 6) is -0.214. The molecule has 3 rings (SSSR count). The molecule has 6 heteroatoms. The predicted molar refractivity (Wildman–Crippen MR) is 114 cm³/mol. The Bertz CT molecular complexity index is 638. The average molecular weight is 404 g/mol. The Kier molecular flexibility index (Phi) is 8.07. The molecule has 0 spiro atoms. The van der Waals surface area contributed by atoms with Crippen molar-refractivity contribution in [1.29, 1.82) is 0 Å². The highest BCUT2D eigenvalue weighted by Gasteiger charge is 2.53. The first-order valence-corrected chi connectivity index (χ1v) is 11.3. The molecule has 0 bridgehead atoms. The molecule has 1 aliphatic carbocycles. The summed E-state index contributed by atoms with van der Waals surface area (Å²) >= 11 is 0. The molecule has 1 saturated heterocycles. The number of hydrogen-bond acceptors (Lipinski definition) is 5. The Hall–Kier alpha value is -1.47. The lowest BCUT2D eigenvalue weighted by Crippen LogP contribution is -2.53. The molecule has 2 fully saturated rings. The molecule has 29 heavy (non-hydrogen) atoms. The lowest BCUT2D eigenvalue weighted by molar-refractivity contribution is -0.181. The lowest BCUT2D eigenvalue weighted by atomic mass is 9.77. The van der Waals surface area contributed by atoms with E-state index < -0.39 is 12.1 Å². The summed E-state index contributed by atoms with van der Waals surface area (Å²) in [6.45, 7) is 9.55. The number of unbranched alkanes of at least 4 members (excludes halogenated alkanes) is 1. The van der Waals surface area contributed by atoms with Gasteiger partial charge < -0.3 is 15.3 Å². The van der Waals surface area contributed by atoms with Crippen molar-refractivity contribution in [2.75, 3.05) is 19.6 Å². The van der Waals surface area contributed by atoms with Gasteiger partial charge in [0.2, 0.25) is 5.91 Å². The number of amides is 1. The van der Waals surface area contributed by atoms with Crippen molar-refractivity contribution in [2.24, 2.45) is 5.92 Å². The van der Waals surface area contributed by atoms with Crippen LogP contribution in [0.15, 0.2) is 30.3 Å². The van der Waals surface area contributed by atoms with Crippen LogP contribution in [0.5, 0.6) is 0 Å². The van der Waals surface area contributed by atoms with Gasteiger partial charge in [0.05, 0.1) is 18.8 Å². The SMILES string of the molecule is CCCCNC(=O)[C@@H]1C2C(O)CC(N(CC)CC)CC2ON1Cc1ccccc1. The Labute approximate surface area is 175 Å². The molecule has 1 amide bonds. The summed E-state index contributed by atoms with van der Waals surface area (Å²) in [4.78, 5) is 21.8. The van der Waals surface area contributed by atoms with E-state index in [4.69, 9.17) is 4.84 Å². The maximum absolute atomic E-state index is 13.1. The van der Waals surface area contributed by atoms with Crippen LogP contribution in [0.4, 0.5) is 0 Å². The van der Waals surface area contributed by atoms with E-state index in [1.807, 2.05) is 35.4 Å². The molecule has 6 nitrogen and oxygen atoms in total. The molecule has 1 aromatic rings. The number of benzene rings is 1. The Balaban J connectivity index is 1.79. The fourth-order valence-corrected chi connectivity index (χ4v) is 4.90. The zero-order valence-corrected chi connectivity index (χ0v) is 18.1. The highest BCUT2D eigenvalue weighted by molar-refractivity contribution is 5.82. The van der Waals surface area contributed by atoms with Crippen LogP contribution in [0.3, 0.4) is 0 Å². The van der Waals surface area contributed by atoms with E-state index in [0.717, 1.165) is 37.9 Å². The third-order valence-electron chi connectivity index (χ3n) is 6.45. The third-order valence-corrected chi connectivity index (χ3v) is 6.45. The number of fused-ring (bicyclic) bond motifs is 1.